The van der Waals surface area contributed by atoms with Gasteiger partial charge in [-0.25, -0.2) is 4.98 Å². The average Bonchev–Trinajstić information content (AvgIpc) is 2.87. The molecule has 102 valence electrons. The Morgan fingerprint density at radius 2 is 2.21 bits per heavy atom. The first-order valence-corrected chi connectivity index (χ1v) is 7.06. The number of benzene rings is 1. The molecule has 0 saturated carbocycles. The van der Waals surface area contributed by atoms with Gasteiger partial charge in [0, 0.05) is 35.0 Å². The SMILES string of the molecule is CC(NCCCn1ccnc1)c1ccc(Cl)cc1Cl. The van der Waals surface area contributed by atoms with Gasteiger partial charge < -0.3 is 9.88 Å². The second-order valence-corrected chi connectivity index (χ2v) is 5.34. The Morgan fingerprint density at radius 1 is 1.37 bits per heavy atom. The van der Waals surface area contributed by atoms with Crippen LogP contribution in [0.1, 0.15) is 24.9 Å². The molecule has 1 unspecified atom stereocenters. The number of aryl methyl sites for hydroxylation is 1. The topological polar surface area (TPSA) is 29.9 Å². The summed E-state index contributed by atoms with van der Waals surface area (Å²) in [4.78, 5) is 4.02. The molecular weight excluding hydrogens is 281 g/mol. The van der Waals surface area contributed by atoms with Crippen LogP contribution in [0.2, 0.25) is 10.0 Å². The smallest absolute Gasteiger partial charge is 0.0945 e. The molecule has 2 rings (SSSR count). The predicted molar refractivity (Wildman–Crippen MR) is 79.7 cm³/mol. The first-order valence-electron chi connectivity index (χ1n) is 6.31. The zero-order valence-electron chi connectivity index (χ0n) is 10.8. The molecule has 3 nitrogen and oxygen atoms in total. The highest BCUT2D eigenvalue weighted by molar-refractivity contribution is 6.35. The number of hydrogen-bond donors (Lipinski definition) is 1. The van der Waals surface area contributed by atoms with E-state index >= 15 is 0 Å². The van der Waals surface area contributed by atoms with Crippen molar-refractivity contribution in [3.05, 3.63) is 52.5 Å². The number of aromatic nitrogens is 2. The maximum atomic E-state index is 6.18. The molecule has 1 heterocycles. The van der Waals surface area contributed by atoms with Crippen LogP contribution in [0.3, 0.4) is 0 Å². The van der Waals surface area contributed by atoms with E-state index < -0.39 is 0 Å². The Kier molecular flexibility index (Phi) is 5.25. The number of rotatable bonds is 6. The van der Waals surface area contributed by atoms with Gasteiger partial charge in [0.25, 0.3) is 0 Å². The molecule has 0 aliphatic carbocycles. The van der Waals surface area contributed by atoms with Crippen molar-refractivity contribution in [1.29, 1.82) is 0 Å². The van der Waals surface area contributed by atoms with Crippen molar-refractivity contribution in [2.24, 2.45) is 0 Å². The quantitative estimate of drug-likeness (QED) is 0.819. The molecule has 0 aliphatic heterocycles. The third-order valence-electron chi connectivity index (χ3n) is 3.03. The van der Waals surface area contributed by atoms with Crippen molar-refractivity contribution in [3.63, 3.8) is 0 Å². The maximum absolute atomic E-state index is 6.18. The molecule has 0 amide bonds. The summed E-state index contributed by atoms with van der Waals surface area (Å²) >= 11 is 12.1. The van der Waals surface area contributed by atoms with Crippen molar-refractivity contribution < 1.29 is 0 Å². The van der Waals surface area contributed by atoms with Crippen LogP contribution in [-0.2, 0) is 6.54 Å². The largest absolute Gasteiger partial charge is 0.337 e. The maximum Gasteiger partial charge on any atom is 0.0945 e. The average molecular weight is 298 g/mol. The fourth-order valence-electron chi connectivity index (χ4n) is 1.96. The fraction of sp³-hybridized carbons (Fsp3) is 0.357. The fourth-order valence-corrected chi connectivity index (χ4v) is 2.53. The van der Waals surface area contributed by atoms with Crippen LogP contribution in [0.4, 0.5) is 0 Å². The van der Waals surface area contributed by atoms with Gasteiger partial charge >= 0.3 is 0 Å². The molecule has 19 heavy (non-hydrogen) atoms. The molecule has 1 N–H and O–H groups in total. The highest BCUT2D eigenvalue weighted by atomic mass is 35.5. The summed E-state index contributed by atoms with van der Waals surface area (Å²) in [6.45, 7) is 4.00. The van der Waals surface area contributed by atoms with Crippen LogP contribution in [0.5, 0.6) is 0 Å². The van der Waals surface area contributed by atoms with Crippen LogP contribution < -0.4 is 5.32 Å². The summed E-state index contributed by atoms with van der Waals surface area (Å²) in [6.07, 6.45) is 6.65. The number of nitrogens with zero attached hydrogens (tertiary/aromatic N) is 2. The zero-order valence-corrected chi connectivity index (χ0v) is 12.3. The first kappa shape index (κ1) is 14.4. The van der Waals surface area contributed by atoms with Crippen molar-refractivity contribution in [2.45, 2.75) is 25.9 Å². The zero-order chi connectivity index (χ0) is 13.7. The lowest BCUT2D eigenvalue weighted by Gasteiger charge is -2.16. The third-order valence-corrected chi connectivity index (χ3v) is 3.59. The van der Waals surface area contributed by atoms with Gasteiger partial charge in [0.15, 0.2) is 0 Å². The standard InChI is InChI=1S/C14H17Cl2N3/c1-11(13-4-3-12(15)9-14(13)16)18-5-2-7-19-8-6-17-10-19/h3-4,6,8-11,18H,2,5,7H2,1H3. The molecule has 0 aliphatic rings. The number of hydrogen-bond acceptors (Lipinski definition) is 2. The lowest BCUT2D eigenvalue weighted by molar-refractivity contribution is 0.527. The Morgan fingerprint density at radius 3 is 2.89 bits per heavy atom. The molecule has 1 aromatic heterocycles. The lowest BCUT2D eigenvalue weighted by Crippen LogP contribution is -2.21. The molecule has 5 heteroatoms. The number of halogens is 2. The molecule has 0 bridgehead atoms. The van der Waals surface area contributed by atoms with Crippen molar-refractivity contribution >= 4 is 23.2 Å². The van der Waals surface area contributed by atoms with Gasteiger partial charge in [0.05, 0.1) is 6.33 Å². The van der Waals surface area contributed by atoms with E-state index in [0.717, 1.165) is 25.1 Å². The van der Waals surface area contributed by atoms with E-state index in [1.807, 2.05) is 24.7 Å². The summed E-state index contributed by atoms with van der Waals surface area (Å²) < 4.78 is 2.07. The number of imidazole rings is 1. The minimum atomic E-state index is 0.215. The second-order valence-electron chi connectivity index (χ2n) is 4.50. The monoisotopic (exact) mass is 297 g/mol. The highest BCUT2D eigenvalue weighted by Gasteiger charge is 2.09. The van der Waals surface area contributed by atoms with Crippen LogP contribution in [0.25, 0.3) is 0 Å². The van der Waals surface area contributed by atoms with Gasteiger partial charge in [-0.1, -0.05) is 29.3 Å². The van der Waals surface area contributed by atoms with Crippen LogP contribution in [0.15, 0.2) is 36.9 Å². The van der Waals surface area contributed by atoms with E-state index in [1.165, 1.54) is 0 Å². The van der Waals surface area contributed by atoms with Gasteiger partial charge in [-0.3, -0.25) is 0 Å². The second kappa shape index (κ2) is 6.94. The van der Waals surface area contributed by atoms with E-state index in [9.17, 15) is 0 Å². The Labute approximate surface area is 123 Å². The summed E-state index contributed by atoms with van der Waals surface area (Å²) in [6, 6.07) is 5.83. The van der Waals surface area contributed by atoms with Gasteiger partial charge in [-0.2, -0.15) is 0 Å². The van der Waals surface area contributed by atoms with Crippen LogP contribution >= 0.6 is 23.2 Å². The van der Waals surface area contributed by atoms with Crippen molar-refractivity contribution in [1.82, 2.24) is 14.9 Å². The Hall–Kier alpha value is -1.03. The Balaban J connectivity index is 1.79. The third kappa shape index (κ3) is 4.23. The van der Waals surface area contributed by atoms with Gasteiger partial charge in [0.1, 0.15) is 0 Å². The molecule has 0 spiro atoms. The van der Waals surface area contributed by atoms with E-state index in [-0.39, 0.29) is 6.04 Å². The Bertz CT molecular complexity index is 511. The lowest BCUT2D eigenvalue weighted by atomic mass is 10.1. The van der Waals surface area contributed by atoms with Crippen molar-refractivity contribution in [2.75, 3.05) is 6.54 Å². The normalized spacial score (nSPS) is 12.6. The molecule has 2 aromatic rings. The van der Waals surface area contributed by atoms with Crippen LogP contribution in [-0.4, -0.2) is 16.1 Å². The number of nitrogens with one attached hydrogen (secondary N) is 1. The van der Waals surface area contributed by atoms with E-state index in [0.29, 0.717) is 10.0 Å². The predicted octanol–water partition coefficient (Wildman–Crippen LogP) is 3.93. The van der Waals surface area contributed by atoms with Gasteiger partial charge in [0.2, 0.25) is 0 Å². The molecule has 0 saturated heterocycles. The van der Waals surface area contributed by atoms with Gasteiger partial charge in [-0.15, -0.1) is 0 Å². The minimum absolute atomic E-state index is 0.215. The van der Waals surface area contributed by atoms with E-state index in [1.54, 1.807) is 12.3 Å². The molecule has 0 radical (unpaired) electrons. The molecule has 1 atom stereocenters. The summed E-state index contributed by atoms with van der Waals surface area (Å²) in [7, 11) is 0. The van der Waals surface area contributed by atoms with Crippen LogP contribution in [0, 0.1) is 0 Å². The highest BCUT2D eigenvalue weighted by Crippen LogP contribution is 2.25. The van der Waals surface area contributed by atoms with Crippen molar-refractivity contribution in [3.8, 4) is 0 Å². The molecule has 1 aromatic carbocycles. The summed E-state index contributed by atoms with van der Waals surface area (Å²) in [5.41, 5.74) is 1.08. The van der Waals surface area contributed by atoms with E-state index in [2.05, 4.69) is 21.8 Å². The molecular formula is C14H17Cl2N3. The van der Waals surface area contributed by atoms with E-state index in [4.69, 9.17) is 23.2 Å². The molecule has 0 fully saturated rings. The summed E-state index contributed by atoms with van der Waals surface area (Å²) in [5, 5.41) is 4.84. The van der Waals surface area contributed by atoms with Gasteiger partial charge in [-0.05, 0) is 37.6 Å². The minimum Gasteiger partial charge on any atom is -0.337 e. The first-order chi connectivity index (χ1) is 9.16. The summed E-state index contributed by atoms with van der Waals surface area (Å²) in [5.74, 6) is 0.